The second-order valence-electron chi connectivity index (χ2n) is 4.97. The molecule has 1 saturated heterocycles. The van der Waals surface area contributed by atoms with Crippen LogP contribution in [0, 0.1) is 11.7 Å². The van der Waals surface area contributed by atoms with Crippen molar-refractivity contribution in [2.24, 2.45) is 5.92 Å². The van der Waals surface area contributed by atoms with Crippen LogP contribution in [0.2, 0.25) is 0 Å². The molecule has 0 aromatic heterocycles. The average Bonchev–Trinajstić information content (AvgIpc) is 2.48. The minimum Gasteiger partial charge on any atom is -0.481 e. The quantitative estimate of drug-likeness (QED) is 0.866. The molecule has 1 heterocycles. The van der Waals surface area contributed by atoms with Crippen LogP contribution in [-0.4, -0.2) is 41.5 Å². The normalized spacial score (nSPS) is 15.8. The minimum absolute atomic E-state index is 0.0553. The van der Waals surface area contributed by atoms with E-state index in [0.29, 0.717) is 36.1 Å². The number of carbonyl (C=O) groups excluding carboxylic acids is 1. The fourth-order valence-corrected chi connectivity index (χ4v) is 2.68. The van der Waals surface area contributed by atoms with Crippen LogP contribution in [0.15, 0.2) is 22.7 Å². The summed E-state index contributed by atoms with van der Waals surface area (Å²) in [7, 11) is 0. The van der Waals surface area contributed by atoms with Crippen molar-refractivity contribution in [2.45, 2.75) is 12.8 Å². The van der Waals surface area contributed by atoms with E-state index in [1.807, 2.05) is 0 Å². The Labute approximate surface area is 130 Å². The molecule has 0 aliphatic carbocycles. The highest BCUT2D eigenvalue weighted by Gasteiger charge is 2.26. The van der Waals surface area contributed by atoms with Gasteiger partial charge in [0, 0.05) is 17.6 Å². The van der Waals surface area contributed by atoms with Gasteiger partial charge in [-0.3, -0.25) is 9.59 Å². The first-order chi connectivity index (χ1) is 9.97. The number of aliphatic carboxylic acids is 1. The van der Waals surface area contributed by atoms with Crippen molar-refractivity contribution >= 4 is 33.5 Å². The zero-order valence-corrected chi connectivity index (χ0v) is 12.9. The Bertz CT molecular complexity index is 545. The molecule has 0 spiro atoms. The molecule has 0 unspecified atom stereocenters. The van der Waals surface area contributed by atoms with Crippen molar-refractivity contribution in [1.29, 1.82) is 0 Å². The van der Waals surface area contributed by atoms with E-state index in [2.05, 4.69) is 21.2 Å². The third-order valence-corrected chi connectivity index (χ3v) is 4.25. The summed E-state index contributed by atoms with van der Waals surface area (Å²) in [6.45, 7) is 0.948. The van der Waals surface area contributed by atoms with E-state index in [0.717, 1.165) is 0 Å². The number of piperidine rings is 1. The molecule has 0 atom stereocenters. The largest absolute Gasteiger partial charge is 0.481 e. The zero-order chi connectivity index (χ0) is 15.4. The predicted octanol–water partition coefficient (Wildman–Crippen LogP) is 2.32. The molecular formula is C14H16BrFN2O3. The number of rotatable bonds is 4. The second-order valence-corrected chi connectivity index (χ2v) is 5.83. The molecule has 5 nitrogen and oxygen atoms in total. The highest BCUT2D eigenvalue weighted by atomic mass is 79.9. The minimum atomic E-state index is -0.802. The Morgan fingerprint density at radius 1 is 1.38 bits per heavy atom. The molecule has 114 valence electrons. The summed E-state index contributed by atoms with van der Waals surface area (Å²) in [5.41, 5.74) is 0.517. The molecule has 1 aromatic carbocycles. The SMILES string of the molecule is O=C(O)C1CCN(C(=O)CNc2cc(F)ccc2Br)CC1. The fraction of sp³-hybridized carbons (Fsp3) is 0.429. The number of hydrogen-bond acceptors (Lipinski definition) is 3. The Morgan fingerprint density at radius 3 is 2.67 bits per heavy atom. The van der Waals surface area contributed by atoms with Gasteiger partial charge in [0.2, 0.25) is 5.91 Å². The van der Waals surface area contributed by atoms with Crippen LogP contribution in [0.1, 0.15) is 12.8 Å². The monoisotopic (exact) mass is 358 g/mol. The van der Waals surface area contributed by atoms with Gasteiger partial charge in [0.1, 0.15) is 5.82 Å². The Hall–Kier alpha value is -1.63. The highest BCUT2D eigenvalue weighted by molar-refractivity contribution is 9.10. The molecule has 1 aromatic rings. The van der Waals surface area contributed by atoms with Crippen LogP contribution in [0.25, 0.3) is 0 Å². The molecule has 1 fully saturated rings. The van der Waals surface area contributed by atoms with Gasteiger partial charge in [-0.05, 0) is 47.0 Å². The van der Waals surface area contributed by atoms with Crippen LogP contribution in [0.3, 0.4) is 0 Å². The van der Waals surface area contributed by atoms with Crippen LogP contribution in [-0.2, 0) is 9.59 Å². The number of nitrogens with zero attached hydrogens (tertiary/aromatic N) is 1. The fourth-order valence-electron chi connectivity index (χ4n) is 2.29. The number of carboxylic acids is 1. The summed E-state index contributed by atoms with van der Waals surface area (Å²) in [6, 6.07) is 4.21. The topological polar surface area (TPSA) is 69.6 Å². The van der Waals surface area contributed by atoms with Gasteiger partial charge in [-0.15, -0.1) is 0 Å². The molecule has 21 heavy (non-hydrogen) atoms. The van der Waals surface area contributed by atoms with Gasteiger partial charge in [-0.2, -0.15) is 0 Å². The standard InChI is InChI=1S/C14H16BrFN2O3/c15-11-2-1-10(16)7-12(11)17-8-13(19)18-5-3-9(4-6-18)14(20)21/h1-2,7,9,17H,3-6,8H2,(H,20,21). The highest BCUT2D eigenvalue weighted by Crippen LogP contribution is 2.23. The molecule has 0 radical (unpaired) electrons. The molecule has 7 heteroatoms. The third-order valence-electron chi connectivity index (χ3n) is 3.56. The van der Waals surface area contributed by atoms with Gasteiger partial charge in [0.05, 0.1) is 18.2 Å². The molecule has 2 N–H and O–H groups in total. The summed E-state index contributed by atoms with van der Waals surface area (Å²) in [4.78, 5) is 24.5. The Kier molecular flexibility index (Phi) is 5.17. The maximum atomic E-state index is 13.1. The van der Waals surface area contributed by atoms with Gasteiger partial charge in [-0.1, -0.05) is 0 Å². The molecule has 0 bridgehead atoms. The number of amides is 1. The molecule has 0 saturated carbocycles. The van der Waals surface area contributed by atoms with Crippen molar-refractivity contribution < 1.29 is 19.1 Å². The van der Waals surface area contributed by atoms with E-state index in [1.165, 1.54) is 12.1 Å². The van der Waals surface area contributed by atoms with Crippen LogP contribution >= 0.6 is 15.9 Å². The van der Waals surface area contributed by atoms with E-state index in [1.54, 1.807) is 11.0 Å². The number of benzene rings is 1. The molecule has 1 amide bonds. The van der Waals surface area contributed by atoms with Gasteiger partial charge in [-0.25, -0.2) is 4.39 Å². The van der Waals surface area contributed by atoms with E-state index >= 15 is 0 Å². The number of nitrogens with one attached hydrogen (secondary N) is 1. The smallest absolute Gasteiger partial charge is 0.306 e. The third kappa shape index (κ3) is 4.17. The maximum Gasteiger partial charge on any atom is 0.306 e. The lowest BCUT2D eigenvalue weighted by Gasteiger charge is -2.30. The van der Waals surface area contributed by atoms with Gasteiger partial charge < -0.3 is 15.3 Å². The van der Waals surface area contributed by atoms with Gasteiger partial charge in [0.15, 0.2) is 0 Å². The Morgan fingerprint density at radius 2 is 2.05 bits per heavy atom. The van der Waals surface area contributed by atoms with Crippen LogP contribution in [0.4, 0.5) is 10.1 Å². The number of anilines is 1. The van der Waals surface area contributed by atoms with Crippen LogP contribution < -0.4 is 5.32 Å². The van der Waals surface area contributed by atoms with E-state index < -0.39 is 5.97 Å². The summed E-state index contributed by atoms with van der Waals surface area (Å²) >= 11 is 3.28. The Balaban J connectivity index is 1.85. The lowest BCUT2D eigenvalue weighted by Crippen LogP contribution is -2.42. The number of carbonyl (C=O) groups is 2. The van der Waals surface area contributed by atoms with Gasteiger partial charge >= 0.3 is 5.97 Å². The first kappa shape index (κ1) is 15.8. The lowest BCUT2D eigenvalue weighted by molar-refractivity contribution is -0.145. The van der Waals surface area contributed by atoms with Crippen molar-refractivity contribution in [3.8, 4) is 0 Å². The zero-order valence-electron chi connectivity index (χ0n) is 11.3. The predicted molar refractivity (Wildman–Crippen MR) is 79.5 cm³/mol. The molecule has 1 aliphatic rings. The van der Waals surface area contributed by atoms with Crippen molar-refractivity contribution in [1.82, 2.24) is 4.90 Å². The summed E-state index contributed by atoms with van der Waals surface area (Å²) in [5.74, 6) is -1.66. The molecule has 1 aliphatic heterocycles. The summed E-state index contributed by atoms with van der Waals surface area (Å²) < 4.78 is 13.8. The van der Waals surface area contributed by atoms with Crippen molar-refractivity contribution in [3.05, 3.63) is 28.5 Å². The molecular weight excluding hydrogens is 343 g/mol. The average molecular weight is 359 g/mol. The lowest BCUT2D eigenvalue weighted by atomic mass is 9.97. The molecule has 2 rings (SSSR count). The number of carboxylic acid groups (broad SMARTS) is 1. The van der Waals surface area contributed by atoms with E-state index in [-0.39, 0.29) is 24.2 Å². The number of hydrogen-bond donors (Lipinski definition) is 2. The summed E-state index contributed by atoms with van der Waals surface area (Å²) in [5, 5.41) is 11.8. The van der Waals surface area contributed by atoms with Crippen molar-refractivity contribution in [2.75, 3.05) is 25.0 Å². The van der Waals surface area contributed by atoms with Crippen LogP contribution in [0.5, 0.6) is 0 Å². The van der Waals surface area contributed by atoms with Gasteiger partial charge in [0.25, 0.3) is 0 Å². The first-order valence-corrected chi connectivity index (χ1v) is 7.46. The first-order valence-electron chi connectivity index (χ1n) is 6.67. The maximum absolute atomic E-state index is 13.1. The number of likely N-dealkylation sites (tertiary alicyclic amines) is 1. The van der Waals surface area contributed by atoms with E-state index in [9.17, 15) is 14.0 Å². The number of halogens is 2. The van der Waals surface area contributed by atoms with Crippen molar-refractivity contribution in [3.63, 3.8) is 0 Å². The summed E-state index contributed by atoms with van der Waals surface area (Å²) in [6.07, 6.45) is 0.954. The second kappa shape index (κ2) is 6.89. The van der Waals surface area contributed by atoms with E-state index in [4.69, 9.17) is 5.11 Å².